The predicted octanol–water partition coefficient (Wildman–Crippen LogP) is 3.35. The first-order valence-corrected chi connectivity index (χ1v) is 8.42. The van der Waals surface area contributed by atoms with E-state index in [4.69, 9.17) is 9.47 Å². The maximum atomic E-state index is 12.6. The van der Waals surface area contributed by atoms with E-state index in [1.54, 1.807) is 0 Å². The van der Waals surface area contributed by atoms with Gasteiger partial charge in [0, 0.05) is 35.2 Å². The van der Waals surface area contributed by atoms with Gasteiger partial charge in [0.15, 0.2) is 0 Å². The van der Waals surface area contributed by atoms with Crippen molar-refractivity contribution in [2.45, 2.75) is 33.1 Å². The first kappa shape index (κ1) is 15.1. The molecule has 1 N–H and O–H groups in total. The number of hydrogen-bond donors (Lipinski definition) is 1. The van der Waals surface area contributed by atoms with Crippen LogP contribution in [0.15, 0.2) is 24.3 Å². The van der Waals surface area contributed by atoms with Gasteiger partial charge in [-0.15, -0.1) is 0 Å². The molecule has 0 bridgehead atoms. The second-order valence-corrected chi connectivity index (χ2v) is 6.56. The quantitative estimate of drug-likeness (QED) is 0.942. The summed E-state index contributed by atoms with van der Waals surface area (Å²) in [5.74, 6) is 1.81. The molecular formula is C20H21NO3. The standard InChI is InChI=1S/C20H21NO3/c1-12-3-4-13(2)17(9-12)21-19(22)11-16-15-6-8-23-18(15)10-14-5-7-24-20(14)16/h3-4,9-10H,5-8,11H2,1-2H3,(H,21,22). The van der Waals surface area contributed by atoms with Crippen LogP contribution in [0.25, 0.3) is 0 Å². The molecule has 2 heterocycles. The maximum Gasteiger partial charge on any atom is 0.228 e. The molecule has 4 heteroatoms. The summed E-state index contributed by atoms with van der Waals surface area (Å²) in [5.41, 5.74) is 6.37. The molecule has 2 aromatic carbocycles. The van der Waals surface area contributed by atoms with Crippen molar-refractivity contribution in [3.63, 3.8) is 0 Å². The Labute approximate surface area is 141 Å². The monoisotopic (exact) mass is 323 g/mol. The van der Waals surface area contributed by atoms with Crippen LogP contribution in [0.3, 0.4) is 0 Å². The molecule has 4 nitrogen and oxygen atoms in total. The van der Waals surface area contributed by atoms with Crippen molar-refractivity contribution < 1.29 is 14.3 Å². The first-order chi connectivity index (χ1) is 11.6. The average molecular weight is 323 g/mol. The smallest absolute Gasteiger partial charge is 0.228 e. The zero-order valence-corrected chi connectivity index (χ0v) is 14.1. The van der Waals surface area contributed by atoms with E-state index in [2.05, 4.69) is 11.4 Å². The number of anilines is 1. The van der Waals surface area contributed by atoms with Gasteiger partial charge < -0.3 is 14.8 Å². The predicted molar refractivity (Wildman–Crippen MR) is 93.1 cm³/mol. The minimum atomic E-state index is -0.0123. The summed E-state index contributed by atoms with van der Waals surface area (Å²) in [5, 5.41) is 3.05. The highest BCUT2D eigenvalue weighted by Gasteiger charge is 2.27. The van der Waals surface area contributed by atoms with Gasteiger partial charge in [0.1, 0.15) is 11.5 Å². The molecule has 0 saturated heterocycles. The lowest BCUT2D eigenvalue weighted by molar-refractivity contribution is -0.115. The van der Waals surface area contributed by atoms with Crippen LogP contribution < -0.4 is 14.8 Å². The number of nitrogens with one attached hydrogen (secondary N) is 1. The van der Waals surface area contributed by atoms with Crippen molar-refractivity contribution in [3.8, 4) is 11.5 Å². The van der Waals surface area contributed by atoms with Crippen LogP contribution in [0, 0.1) is 13.8 Å². The number of rotatable bonds is 3. The highest BCUT2D eigenvalue weighted by Crippen LogP contribution is 2.40. The second-order valence-electron chi connectivity index (χ2n) is 6.56. The molecule has 0 atom stereocenters. The van der Waals surface area contributed by atoms with Crippen molar-refractivity contribution in [2.24, 2.45) is 0 Å². The Kier molecular flexibility index (Phi) is 3.68. The number of ether oxygens (including phenoxy) is 2. The Hall–Kier alpha value is -2.49. The molecule has 0 aromatic heterocycles. The zero-order chi connectivity index (χ0) is 16.7. The minimum absolute atomic E-state index is 0.0123. The van der Waals surface area contributed by atoms with Crippen LogP contribution in [0.4, 0.5) is 5.69 Å². The lowest BCUT2D eigenvalue weighted by Crippen LogP contribution is -2.16. The fourth-order valence-electron chi connectivity index (χ4n) is 3.50. The minimum Gasteiger partial charge on any atom is -0.493 e. The molecule has 2 aliphatic heterocycles. The van der Waals surface area contributed by atoms with Gasteiger partial charge in [-0.1, -0.05) is 12.1 Å². The topological polar surface area (TPSA) is 47.6 Å². The molecule has 24 heavy (non-hydrogen) atoms. The normalized spacial score (nSPS) is 14.6. The van der Waals surface area contributed by atoms with Gasteiger partial charge in [-0.3, -0.25) is 4.79 Å². The van der Waals surface area contributed by atoms with Gasteiger partial charge in [-0.05, 0) is 37.1 Å². The molecule has 0 saturated carbocycles. The van der Waals surface area contributed by atoms with Gasteiger partial charge in [-0.25, -0.2) is 0 Å². The molecule has 0 radical (unpaired) electrons. The number of carbonyl (C=O) groups excluding carboxylic acids is 1. The van der Waals surface area contributed by atoms with Gasteiger partial charge in [0.2, 0.25) is 5.91 Å². The third kappa shape index (κ3) is 2.62. The van der Waals surface area contributed by atoms with E-state index in [9.17, 15) is 4.79 Å². The van der Waals surface area contributed by atoms with E-state index in [-0.39, 0.29) is 5.91 Å². The van der Waals surface area contributed by atoms with Crippen molar-refractivity contribution in [1.29, 1.82) is 0 Å². The van der Waals surface area contributed by atoms with Crippen molar-refractivity contribution in [2.75, 3.05) is 18.5 Å². The summed E-state index contributed by atoms with van der Waals surface area (Å²) in [6, 6.07) is 8.16. The molecule has 2 aromatic rings. The third-order valence-corrected chi connectivity index (χ3v) is 4.76. The van der Waals surface area contributed by atoms with E-state index in [1.165, 1.54) is 0 Å². The summed E-state index contributed by atoms with van der Waals surface area (Å²) < 4.78 is 11.5. The van der Waals surface area contributed by atoms with E-state index in [1.807, 2.05) is 32.0 Å². The molecule has 4 rings (SSSR count). The summed E-state index contributed by atoms with van der Waals surface area (Å²) >= 11 is 0. The van der Waals surface area contributed by atoms with E-state index in [0.717, 1.165) is 57.8 Å². The van der Waals surface area contributed by atoms with Crippen LogP contribution in [-0.2, 0) is 24.1 Å². The molecule has 0 fully saturated rings. The number of fused-ring (bicyclic) bond motifs is 2. The van der Waals surface area contributed by atoms with Crippen LogP contribution in [0.2, 0.25) is 0 Å². The maximum absolute atomic E-state index is 12.6. The van der Waals surface area contributed by atoms with Gasteiger partial charge in [0.05, 0.1) is 19.6 Å². The highest BCUT2D eigenvalue weighted by atomic mass is 16.5. The summed E-state index contributed by atoms with van der Waals surface area (Å²) in [7, 11) is 0. The third-order valence-electron chi connectivity index (χ3n) is 4.76. The average Bonchev–Trinajstić information content (AvgIpc) is 3.19. The molecule has 124 valence electrons. The Balaban J connectivity index is 1.62. The number of aryl methyl sites for hydroxylation is 2. The number of hydrogen-bond acceptors (Lipinski definition) is 3. The lowest BCUT2D eigenvalue weighted by Gasteiger charge is -2.14. The fraction of sp³-hybridized carbons (Fsp3) is 0.350. The Morgan fingerprint density at radius 1 is 1.12 bits per heavy atom. The number of amides is 1. The second kappa shape index (κ2) is 5.86. The zero-order valence-electron chi connectivity index (χ0n) is 14.1. The molecular weight excluding hydrogens is 302 g/mol. The number of carbonyl (C=O) groups is 1. The molecule has 2 aliphatic rings. The van der Waals surface area contributed by atoms with Crippen LogP contribution >= 0.6 is 0 Å². The molecule has 0 spiro atoms. The van der Waals surface area contributed by atoms with Gasteiger partial charge >= 0.3 is 0 Å². The van der Waals surface area contributed by atoms with Crippen molar-refractivity contribution >= 4 is 11.6 Å². The molecule has 0 aliphatic carbocycles. The van der Waals surface area contributed by atoms with Crippen LogP contribution in [0.5, 0.6) is 11.5 Å². The Bertz CT molecular complexity index is 794. The summed E-state index contributed by atoms with van der Waals surface area (Å²) in [4.78, 5) is 12.6. The molecule has 1 amide bonds. The lowest BCUT2D eigenvalue weighted by atomic mass is 9.97. The summed E-state index contributed by atoms with van der Waals surface area (Å²) in [6.45, 7) is 5.40. The van der Waals surface area contributed by atoms with E-state index in [0.29, 0.717) is 19.6 Å². The Morgan fingerprint density at radius 2 is 1.96 bits per heavy atom. The highest BCUT2D eigenvalue weighted by molar-refractivity contribution is 5.94. The SMILES string of the molecule is Cc1ccc(C)c(NC(=O)Cc2c3c(cc4c2OCC4)OCC3)c1. The van der Waals surface area contributed by atoms with Crippen molar-refractivity contribution in [1.82, 2.24) is 0 Å². The van der Waals surface area contributed by atoms with Crippen molar-refractivity contribution in [3.05, 3.63) is 52.1 Å². The van der Waals surface area contributed by atoms with E-state index >= 15 is 0 Å². The number of benzene rings is 2. The van der Waals surface area contributed by atoms with Crippen LogP contribution in [0.1, 0.15) is 27.8 Å². The Morgan fingerprint density at radius 3 is 2.83 bits per heavy atom. The fourth-order valence-corrected chi connectivity index (χ4v) is 3.50. The van der Waals surface area contributed by atoms with E-state index < -0.39 is 0 Å². The van der Waals surface area contributed by atoms with Gasteiger partial charge in [-0.2, -0.15) is 0 Å². The van der Waals surface area contributed by atoms with Gasteiger partial charge in [0.25, 0.3) is 0 Å². The van der Waals surface area contributed by atoms with Crippen LogP contribution in [-0.4, -0.2) is 19.1 Å². The summed E-state index contributed by atoms with van der Waals surface area (Å²) in [6.07, 6.45) is 2.05. The largest absolute Gasteiger partial charge is 0.493 e. The molecule has 0 unspecified atom stereocenters. The first-order valence-electron chi connectivity index (χ1n) is 8.42.